The molecule has 0 amide bonds. The molecule has 1 heterocycles. The molecule has 0 radical (unpaired) electrons. The van der Waals surface area contributed by atoms with Gasteiger partial charge in [0.25, 0.3) is 0 Å². The van der Waals surface area contributed by atoms with E-state index in [1.807, 2.05) is 0 Å². The van der Waals surface area contributed by atoms with Crippen LogP contribution in [-0.4, -0.2) is 49.6 Å². The van der Waals surface area contributed by atoms with Gasteiger partial charge in [0.05, 0.1) is 23.2 Å². The molecule has 0 spiro atoms. The molecule has 1 saturated heterocycles. The van der Waals surface area contributed by atoms with Gasteiger partial charge in [0.2, 0.25) is 0 Å². The maximum absolute atomic E-state index is 12.4. The molecule has 1 aliphatic rings. The molecule has 1 atom stereocenters. The quantitative estimate of drug-likeness (QED) is 0.915. The summed E-state index contributed by atoms with van der Waals surface area (Å²) < 4.78 is 59.9. The van der Waals surface area contributed by atoms with Gasteiger partial charge >= 0.3 is 6.18 Å². The predicted molar refractivity (Wildman–Crippen MR) is 71.5 cm³/mol. The Kier molecular flexibility index (Phi) is 4.60. The maximum atomic E-state index is 12.4. The van der Waals surface area contributed by atoms with Gasteiger partial charge in [-0.15, -0.1) is 0 Å². The number of halogens is 3. The minimum Gasteiger partial charge on any atom is -0.387 e. The number of sulfone groups is 1. The van der Waals surface area contributed by atoms with Crippen molar-refractivity contribution in [3.05, 3.63) is 35.4 Å². The van der Waals surface area contributed by atoms with E-state index in [0.717, 1.165) is 12.1 Å². The van der Waals surface area contributed by atoms with E-state index >= 15 is 0 Å². The van der Waals surface area contributed by atoms with Crippen LogP contribution < -0.4 is 0 Å². The summed E-state index contributed by atoms with van der Waals surface area (Å²) in [5, 5.41) is 10.0. The van der Waals surface area contributed by atoms with E-state index in [1.54, 1.807) is 4.90 Å². The van der Waals surface area contributed by atoms with Crippen molar-refractivity contribution in [2.75, 3.05) is 31.1 Å². The second-order valence-corrected chi connectivity index (χ2v) is 7.39. The summed E-state index contributed by atoms with van der Waals surface area (Å²) in [6.45, 7) is 0.876. The Morgan fingerprint density at radius 3 is 2.14 bits per heavy atom. The normalized spacial score (nSPS) is 21.1. The van der Waals surface area contributed by atoms with Gasteiger partial charge in [-0.2, -0.15) is 13.2 Å². The van der Waals surface area contributed by atoms with Crippen molar-refractivity contribution in [1.82, 2.24) is 4.90 Å². The fourth-order valence-corrected chi connectivity index (χ4v) is 3.45. The lowest BCUT2D eigenvalue weighted by molar-refractivity contribution is -0.137. The molecule has 0 aliphatic carbocycles. The van der Waals surface area contributed by atoms with Crippen LogP contribution >= 0.6 is 0 Å². The Balaban J connectivity index is 1.96. The third-order valence-corrected chi connectivity index (χ3v) is 5.10. The van der Waals surface area contributed by atoms with Crippen LogP contribution in [0.3, 0.4) is 0 Å². The van der Waals surface area contributed by atoms with E-state index in [4.69, 9.17) is 0 Å². The van der Waals surface area contributed by atoms with Crippen LogP contribution in [0.5, 0.6) is 0 Å². The Labute approximate surface area is 121 Å². The molecule has 0 bridgehead atoms. The highest BCUT2D eigenvalue weighted by molar-refractivity contribution is 7.91. The second-order valence-electron chi connectivity index (χ2n) is 5.09. The van der Waals surface area contributed by atoms with Crippen molar-refractivity contribution in [2.24, 2.45) is 0 Å². The van der Waals surface area contributed by atoms with Gasteiger partial charge in [0, 0.05) is 19.6 Å². The number of hydrogen-bond acceptors (Lipinski definition) is 4. The Morgan fingerprint density at radius 1 is 1.14 bits per heavy atom. The molecule has 2 rings (SSSR count). The highest BCUT2D eigenvalue weighted by Crippen LogP contribution is 2.30. The first-order chi connectivity index (χ1) is 9.67. The van der Waals surface area contributed by atoms with Crippen LogP contribution in [0, 0.1) is 0 Å². The molecule has 0 aromatic heterocycles. The number of benzene rings is 1. The number of β-amino-alcohol motifs (C(OH)–C–C–N with tert-alkyl or cyclic N) is 1. The van der Waals surface area contributed by atoms with E-state index in [-0.39, 0.29) is 18.1 Å². The zero-order valence-electron chi connectivity index (χ0n) is 11.2. The molecule has 21 heavy (non-hydrogen) atoms. The van der Waals surface area contributed by atoms with E-state index in [9.17, 15) is 26.7 Å². The molecule has 0 unspecified atom stereocenters. The molecular weight excluding hydrogens is 307 g/mol. The molecule has 118 valence electrons. The second kappa shape index (κ2) is 5.94. The molecule has 4 nitrogen and oxygen atoms in total. The largest absolute Gasteiger partial charge is 0.416 e. The number of aliphatic hydroxyl groups excluding tert-OH is 1. The van der Waals surface area contributed by atoms with Crippen molar-refractivity contribution in [2.45, 2.75) is 12.3 Å². The van der Waals surface area contributed by atoms with Gasteiger partial charge in [-0.3, -0.25) is 4.90 Å². The number of nitrogens with zero attached hydrogens (tertiary/aromatic N) is 1. The van der Waals surface area contributed by atoms with Gasteiger partial charge in [0.15, 0.2) is 9.84 Å². The number of aliphatic hydroxyl groups is 1. The lowest BCUT2D eigenvalue weighted by atomic mass is 10.1. The Hall–Kier alpha value is -1.12. The van der Waals surface area contributed by atoms with Crippen molar-refractivity contribution in [3.8, 4) is 0 Å². The fourth-order valence-electron chi connectivity index (χ4n) is 2.18. The van der Waals surface area contributed by atoms with Crippen molar-refractivity contribution in [1.29, 1.82) is 0 Å². The summed E-state index contributed by atoms with van der Waals surface area (Å²) in [4.78, 5) is 1.80. The molecule has 8 heteroatoms. The molecule has 1 N–H and O–H groups in total. The summed E-state index contributed by atoms with van der Waals surface area (Å²) in [6, 6.07) is 4.35. The average molecular weight is 323 g/mol. The van der Waals surface area contributed by atoms with E-state index in [0.29, 0.717) is 18.7 Å². The van der Waals surface area contributed by atoms with Crippen molar-refractivity contribution in [3.63, 3.8) is 0 Å². The van der Waals surface area contributed by atoms with Crippen molar-refractivity contribution < 1.29 is 26.7 Å². The molecule has 1 aliphatic heterocycles. The molecule has 1 fully saturated rings. The average Bonchev–Trinajstić information content (AvgIpc) is 2.40. The van der Waals surface area contributed by atoms with Gasteiger partial charge in [-0.1, -0.05) is 12.1 Å². The van der Waals surface area contributed by atoms with Crippen molar-refractivity contribution >= 4 is 9.84 Å². The van der Waals surface area contributed by atoms with Crippen LogP contribution in [-0.2, 0) is 16.0 Å². The highest BCUT2D eigenvalue weighted by atomic mass is 32.2. The van der Waals surface area contributed by atoms with Gasteiger partial charge in [0.1, 0.15) is 0 Å². The zero-order valence-corrected chi connectivity index (χ0v) is 12.0. The first-order valence-electron chi connectivity index (χ1n) is 6.45. The smallest absolute Gasteiger partial charge is 0.387 e. The Bertz CT molecular complexity index is 570. The van der Waals surface area contributed by atoms with Gasteiger partial charge < -0.3 is 5.11 Å². The number of rotatable bonds is 3. The predicted octanol–water partition coefficient (Wildman–Crippen LogP) is 1.47. The minimum atomic E-state index is -4.40. The number of alkyl halides is 3. The van der Waals surface area contributed by atoms with Crippen LogP contribution in [0.25, 0.3) is 0 Å². The van der Waals surface area contributed by atoms with Gasteiger partial charge in [-0.05, 0) is 17.7 Å². The minimum absolute atomic E-state index is 0.0483. The van der Waals surface area contributed by atoms with Crippen LogP contribution in [0.1, 0.15) is 17.2 Å². The van der Waals surface area contributed by atoms with E-state index in [2.05, 4.69) is 0 Å². The molecule has 0 saturated carbocycles. The molecule has 1 aromatic rings. The fraction of sp³-hybridized carbons (Fsp3) is 0.538. The summed E-state index contributed by atoms with van der Waals surface area (Å²) >= 11 is 0. The first-order valence-corrected chi connectivity index (χ1v) is 8.27. The van der Waals surface area contributed by atoms with Crippen LogP contribution in [0.4, 0.5) is 13.2 Å². The first kappa shape index (κ1) is 16.3. The lowest BCUT2D eigenvalue weighted by Crippen LogP contribution is -2.42. The molecular formula is C13H16F3NO3S. The van der Waals surface area contributed by atoms with Crippen LogP contribution in [0.2, 0.25) is 0 Å². The van der Waals surface area contributed by atoms with E-state index in [1.165, 1.54) is 12.1 Å². The topological polar surface area (TPSA) is 57.6 Å². The standard InChI is InChI=1S/C13H16F3NO3S/c14-13(15,16)11-3-1-10(2-4-11)12(18)9-17-5-7-21(19,20)8-6-17/h1-4,12,18H,5-9H2/t12-/m0/s1. The van der Waals surface area contributed by atoms with Crippen LogP contribution in [0.15, 0.2) is 24.3 Å². The number of hydrogen-bond donors (Lipinski definition) is 1. The third-order valence-electron chi connectivity index (χ3n) is 3.49. The summed E-state index contributed by atoms with van der Waals surface area (Å²) in [7, 11) is -2.99. The lowest BCUT2D eigenvalue weighted by Gasteiger charge is -2.28. The van der Waals surface area contributed by atoms with E-state index < -0.39 is 27.7 Å². The monoisotopic (exact) mass is 323 g/mol. The SMILES string of the molecule is O=S1(=O)CCN(C[C@H](O)c2ccc(C(F)(F)F)cc2)CC1. The maximum Gasteiger partial charge on any atom is 0.416 e. The molecule has 1 aromatic carbocycles. The summed E-state index contributed by atoms with van der Waals surface area (Å²) in [6.07, 6.45) is -5.34. The Morgan fingerprint density at radius 2 is 1.67 bits per heavy atom. The highest BCUT2D eigenvalue weighted by Gasteiger charge is 2.30. The summed E-state index contributed by atoms with van der Waals surface area (Å²) in [5.41, 5.74) is -0.376. The zero-order chi connectivity index (χ0) is 15.7. The third kappa shape index (κ3) is 4.42. The summed E-state index contributed by atoms with van der Waals surface area (Å²) in [5.74, 6) is 0.0967. The van der Waals surface area contributed by atoms with Gasteiger partial charge in [-0.25, -0.2) is 8.42 Å².